The highest BCUT2D eigenvalue weighted by atomic mass is 35.5. The van der Waals surface area contributed by atoms with Crippen LogP contribution in [0.25, 0.3) is 0 Å². The Bertz CT molecular complexity index is 521. The normalized spacial score (nSPS) is 22.5. The molecule has 0 aromatic heterocycles. The van der Waals surface area contributed by atoms with Crippen LogP contribution in [-0.4, -0.2) is 36.6 Å². The van der Waals surface area contributed by atoms with Crippen LogP contribution >= 0.6 is 23.2 Å². The van der Waals surface area contributed by atoms with Crippen molar-refractivity contribution in [1.82, 2.24) is 4.90 Å². The van der Waals surface area contributed by atoms with Gasteiger partial charge in [-0.15, -0.1) is 0 Å². The van der Waals surface area contributed by atoms with Gasteiger partial charge < -0.3 is 4.74 Å². The zero-order chi connectivity index (χ0) is 16.1. The van der Waals surface area contributed by atoms with E-state index in [1.54, 1.807) is 18.2 Å². The average molecular weight is 344 g/mol. The number of carbonyl (C=O) groups excluding carboxylic acids is 1. The lowest BCUT2D eigenvalue weighted by Gasteiger charge is -2.37. The summed E-state index contributed by atoms with van der Waals surface area (Å²) in [5.74, 6) is 0.346. The van der Waals surface area contributed by atoms with Gasteiger partial charge in [0.25, 0.3) is 0 Å². The molecule has 1 aliphatic rings. The lowest BCUT2D eigenvalue weighted by Crippen LogP contribution is -2.43. The summed E-state index contributed by atoms with van der Waals surface area (Å²) >= 11 is 12.0. The van der Waals surface area contributed by atoms with E-state index in [1.165, 1.54) is 19.3 Å². The molecule has 2 rings (SSSR count). The van der Waals surface area contributed by atoms with Gasteiger partial charge in [-0.3, -0.25) is 4.90 Å². The fourth-order valence-electron chi connectivity index (χ4n) is 2.90. The van der Waals surface area contributed by atoms with Crippen molar-refractivity contribution in [3.05, 3.63) is 33.8 Å². The molecule has 3 nitrogen and oxygen atoms in total. The fraction of sp³-hybridized carbons (Fsp3) is 0.588. The largest absolute Gasteiger partial charge is 0.461 e. The van der Waals surface area contributed by atoms with Crippen LogP contribution in [0.5, 0.6) is 0 Å². The number of halogens is 2. The maximum Gasteiger partial charge on any atom is 0.339 e. The van der Waals surface area contributed by atoms with Gasteiger partial charge in [0.15, 0.2) is 0 Å². The summed E-state index contributed by atoms with van der Waals surface area (Å²) in [5, 5.41) is 0.623. The SMILES string of the molecule is CCC1CCC(C)N(CCOC(=O)c2cccc(Cl)c2Cl)C1. The molecule has 1 heterocycles. The van der Waals surface area contributed by atoms with E-state index in [1.807, 2.05) is 0 Å². The van der Waals surface area contributed by atoms with E-state index in [-0.39, 0.29) is 5.02 Å². The maximum atomic E-state index is 12.1. The predicted molar refractivity (Wildman–Crippen MR) is 90.8 cm³/mol. The maximum absolute atomic E-state index is 12.1. The Labute approximate surface area is 142 Å². The number of nitrogens with zero attached hydrogens (tertiary/aromatic N) is 1. The second-order valence-corrected chi connectivity index (χ2v) is 6.72. The van der Waals surface area contributed by atoms with Gasteiger partial charge in [-0.25, -0.2) is 4.79 Å². The van der Waals surface area contributed by atoms with Crippen LogP contribution in [0.4, 0.5) is 0 Å². The third-order valence-corrected chi connectivity index (χ3v) is 5.29. The summed E-state index contributed by atoms with van der Waals surface area (Å²) in [6.45, 7) is 6.71. The summed E-state index contributed by atoms with van der Waals surface area (Å²) in [6.07, 6.45) is 3.72. The van der Waals surface area contributed by atoms with Crippen LogP contribution in [0.2, 0.25) is 10.0 Å². The topological polar surface area (TPSA) is 29.5 Å². The summed E-state index contributed by atoms with van der Waals surface area (Å²) in [4.78, 5) is 14.5. The number of esters is 1. The standard InChI is InChI=1S/C17H23Cl2NO2/c1-3-13-8-7-12(2)20(11-13)9-10-22-17(21)14-5-4-6-15(18)16(14)19/h4-6,12-13H,3,7-11H2,1-2H3. The monoisotopic (exact) mass is 343 g/mol. The number of rotatable bonds is 5. The van der Waals surface area contributed by atoms with Crippen LogP contribution in [0.3, 0.4) is 0 Å². The van der Waals surface area contributed by atoms with Crippen molar-refractivity contribution in [2.24, 2.45) is 5.92 Å². The van der Waals surface area contributed by atoms with Crippen molar-refractivity contribution >= 4 is 29.2 Å². The molecule has 0 aliphatic carbocycles. The average Bonchev–Trinajstić information content (AvgIpc) is 2.51. The van der Waals surface area contributed by atoms with E-state index in [0.29, 0.717) is 23.2 Å². The summed E-state index contributed by atoms with van der Waals surface area (Å²) < 4.78 is 5.36. The van der Waals surface area contributed by atoms with Gasteiger partial charge in [0.05, 0.1) is 15.6 Å². The predicted octanol–water partition coefficient (Wildman–Crippen LogP) is 4.66. The van der Waals surface area contributed by atoms with Crippen LogP contribution in [0, 0.1) is 5.92 Å². The van der Waals surface area contributed by atoms with E-state index < -0.39 is 5.97 Å². The lowest BCUT2D eigenvalue weighted by molar-refractivity contribution is 0.0376. The van der Waals surface area contributed by atoms with E-state index in [9.17, 15) is 4.79 Å². The highest BCUT2D eigenvalue weighted by molar-refractivity contribution is 6.43. The van der Waals surface area contributed by atoms with Gasteiger partial charge in [0, 0.05) is 19.1 Å². The fourth-order valence-corrected chi connectivity index (χ4v) is 3.28. The van der Waals surface area contributed by atoms with Crippen molar-refractivity contribution in [2.45, 2.75) is 39.2 Å². The molecule has 122 valence electrons. The van der Waals surface area contributed by atoms with Gasteiger partial charge >= 0.3 is 5.97 Å². The number of carbonyl (C=O) groups is 1. The Balaban J connectivity index is 1.85. The van der Waals surface area contributed by atoms with Crippen molar-refractivity contribution in [3.63, 3.8) is 0 Å². The van der Waals surface area contributed by atoms with E-state index >= 15 is 0 Å². The Morgan fingerprint density at radius 1 is 1.36 bits per heavy atom. The Kier molecular flexibility index (Phi) is 6.54. The molecule has 0 spiro atoms. The zero-order valence-corrected chi connectivity index (χ0v) is 14.7. The smallest absolute Gasteiger partial charge is 0.339 e. The van der Waals surface area contributed by atoms with Gasteiger partial charge in [-0.2, -0.15) is 0 Å². The number of hydrogen-bond acceptors (Lipinski definition) is 3. The molecule has 2 atom stereocenters. The first-order valence-electron chi connectivity index (χ1n) is 7.88. The molecule has 0 saturated carbocycles. The van der Waals surface area contributed by atoms with Crippen molar-refractivity contribution in [1.29, 1.82) is 0 Å². The molecule has 0 bridgehead atoms. The molecule has 0 amide bonds. The van der Waals surface area contributed by atoms with Crippen LogP contribution < -0.4 is 0 Å². The minimum atomic E-state index is -0.413. The van der Waals surface area contributed by atoms with E-state index in [4.69, 9.17) is 27.9 Å². The lowest BCUT2D eigenvalue weighted by atomic mass is 9.92. The Morgan fingerprint density at radius 2 is 2.14 bits per heavy atom. The molecule has 1 saturated heterocycles. The van der Waals surface area contributed by atoms with Crippen LogP contribution in [-0.2, 0) is 4.74 Å². The molecule has 0 N–H and O–H groups in total. The van der Waals surface area contributed by atoms with Gasteiger partial charge in [-0.05, 0) is 37.8 Å². The molecular weight excluding hydrogens is 321 g/mol. The molecule has 0 radical (unpaired) electrons. The summed E-state index contributed by atoms with van der Waals surface area (Å²) in [6, 6.07) is 5.54. The minimum absolute atomic E-state index is 0.256. The first kappa shape index (κ1) is 17.6. The van der Waals surface area contributed by atoms with E-state index in [2.05, 4.69) is 18.7 Å². The summed E-state index contributed by atoms with van der Waals surface area (Å²) in [5.41, 5.74) is 0.326. The molecule has 5 heteroatoms. The molecule has 22 heavy (non-hydrogen) atoms. The highest BCUT2D eigenvalue weighted by Gasteiger charge is 2.24. The number of ether oxygens (including phenoxy) is 1. The molecule has 1 aliphatic heterocycles. The van der Waals surface area contributed by atoms with E-state index in [0.717, 1.165) is 19.0 Å². The Morgan fingerprint density at radius 3 is 2.86 bits per heavy atom. The number of hydrogen-bond donors (Lipinski definition) is 0. The molecule has 2 unspecified atom stereocenters. The van der Waals surface area contributed by atoms with Crippen molar-refractivity contribution < 1.29 is 9.53 Å². The van der Waals surface area contributed by atoms with Gasteiger partial charge in [-0.1, -0.05) is 42.6 Å². The Hall–Kier alpha value is -0.770. The van der Waals surface area contributed by atoms with Crippen LogP contribution in [0.15, 0.2) is 18.2 Å². The second kappa shape index (κ2) is 8.19. The quantitative estimate of drug-likeness (QED) is 0.728. The van der Waals surface area contributed by atoms with Crippen molar-refractivity contribution in [2.75, 3.05) is 19.7 Å². The third kappa shape index (κ3) is 4.37. The molecule has 1 aromatic rings. The third-order valence-electron chi connectivity index (χ3n) is 4.47. The molecule has 1 aromatic carbocycles. The number of piperidine rings is 1. The first-order chi connectivity index (χ1) is 10.5. The van der Waals surface area contributed by atoms with Gasteiger partial charge in [0.2, 0.25) is 0 Å². The number of likely N-dealkylation sites (tertiary alicyclic amines) is 1. The highest BCUT2D eigenvalue weighted by Crippen LogP contribution is 2.26. The number of benzene rings is 1. The minimum Gasteiger partial charge on any atom is -0.461 e. The van der Waals surface area contributed by atoms with Crippen LogP contribution in [0.1, 0.15) is 43.5 Å². The van der Waals surface area contributed by atoms with Gasteiger partial charge in [0.1, 0.15) is 6.61 Å². The second-order valence-electron chi connectivity index (χ2n) is 5.93. The molecular formula is C17H23Cl2NO2. The first-order valence-corrected chi connectivity index (χ1v) is 8.63. The summed E-state index contributed by atoms with van der Waals surface area (Å²) in [7, 11) is 0. The molecule has 1 fully saturated rings. The van der Waals surface area contributed by atoms with Crippen molar-refractivity contribution in [3.8, 4) is 0 Å². The zero-order valence-electron chi connectivity index (χ0n) is 13.1.